The molecule has 5 nitrogen and oxygen atoms in total. The van der Waals surface area contributed by atoms with E-state index in [2.05, 4.69) is 5.32 Å². The predicted octanol–water partition coefficient (Wildman–Crippen LogP) is 5.29. The number of nitrogens with one attached hydrogen (secondary N) is 1. The van der Waals surface area contributed by atoms with Crippen molar-refractivity contribution in [3.63, 3.8) is 0 Å². The Balaban J connectivity index is 1.94. The van der Waals surface area contributed by atoms with Crippen molar-refractivity contribution >= 4 is 50.7 Å². The summed E-state index contributed by atoms with van der Waals surface area (Å²) < 4.78 is 27.7. The number of sulfonamides is 1. The minimum absolute atomic E-state index is 0.0830. The number of hydrogen-bond acceptors (Lipinski definition) is 4. The molecule has 0 saturated heterocycles. The van der Waals surface area contributed by atoms with E-state index in [9.17, 15) is 13.2 Å². The van der Waals surface area contributed by atoms with Crippen molar-refractivity contribution in [2.24, 2.45) is 0 Å². The smallest absolute Gasteiger partial charge is 0.264 e. The number of carbonyl (C=O) groups excluding carboxylic acids is 1. The lowest BCUT2D eigenvalue weighted by Gasteiger charge is -2.25. The Morgan fingerprint density at radius 3 is 2.30 bits per heavy atom. The minimum Gasteiger partial charge on any atom is -0.323 e. The lowest BCUT2D eigenvalue weighted by molar-refractivity contribution is -0.114. The molecule has 0 aliphatic carbocycles. The van der Waals surface area contributed by atoms with Gasteiger partial charge in [0, 0.05) is 4.90 Å². The number of hydrogen-bond donors (Lipinski definition) is 1. The summed E-state index contributed by atoms with van der Waals surface area (Å²) in [5, 5.41) is 3.07. The van der Waals surface area contributed by atoms with E-state index in [1.807, 2.05) is 25.1 Å². The Hall–Kier alpha value is -2.48. The Morgan fingerprint density at radius 2 is 1.60 bits per heavy atom. The van der Waals surface area contributed by atoms with Gasteiger partial charge in [-0.15, -0.1) is 11.8 Å². The van der Waals surface area contributed by atoms with Crippen LogP contribution < -0.4 is 9.62 Å². The van der Waals surface area contributed by atoms with Crippen LogP contribution in [0.1, 0.15) is 6.92 Å². The van der Waals surface area contributed by atoms with Gasteiger partial charge in [0.15, 0.2) is 0 Å². The van der Waals surface area contributed by atoms with Crippen LogP contribution in [0.4, 0.5) is 11.4 Å². The Bertz CT molecular complexity index is 1120. The highest BCUT2D eigenvalue weighted by Gasteiger charge is 2.28. The van der Waals surface area contributed by atoms with Gasteiger partial charge < -0.3 is 5.32 Å². The van der Waals surface area contributed by atoms with Crippen molar-refractivity contribution in [2.75, 3.05) is 21.9 Å². The molecule has 0 spiro atoms. The van der Waals surface area contributed by atoms with E-state index < -0.39 is 22.5 Å². The normalized spacial score (nSPS) is 11.1. The van der Waals surface area contributed by atoms with Crippen molar-refractivity contribution in [1.82, 2.24) is 0 Å². The van der Waals surface area contributed by atoms with Crippen LogP contribution in [0.3, 0.4) is 0 Å². The highest BCUT2D eigenvalue weighted by Crippen LogP contribution is 2.31. The minimum atomic E-state index is -4.00. The van der Waals surface area contributed by atoms with Gasteiger partial charge in [-0.1, -0.05) is 61.0 Å². The van der Waals surface area contributed by atoms with Gasteiger partial charge in [0.2, 0.25) is 5.91 Å². The predicted molar refractivity (Wildman–Crippen MR) is 124 cm³/mol. The summed E-state index contributed by atoms with van der Waals surface area (Å²) in [5.41, 5.74) is 0.889. The Labute approximate surface area is 186 Å². The number of amides is 1. The van der Waals surface area contributed by atoms with Gasteiger partial charge in [0.05, 0.1) is 21.3 Å². The second-order valence-corrected chi connectivity index (χ2v) is 9.83. The summed E-state index contributed by atoms with van der Waals surface area (Å²) in [4.78, 5) is 13.9. The molecule has 8 heteroatoms. The fourth-order valence-corrected chi connectivity index (χ4v) is 5.35. The molecule has 0 aliphatic heterocycles. The molecule has 156 valence electrons. The third-order valence-corrected chi connectivity index (χ3v) is 7.25. The maximum atomic E-state index is 13.3. The molecule has 0 fully saturated rings. The van der Waals surface area contributed by atoms with E-state index in [-0.39, 0.29) is 15.6 Å². The summed E-state index contributed by atoms with van der Waals surface area (Å²) in [6, 6.07) is 22.0. The van der Waals surface area contributed by atoms with Crippen LogP contribution in [0.15, 0.2) is 88.7 Å². The summed E-state index contributed by atoms with van der Waals surface area (Å²) in [6.07, 6.45) is 0. The van der Waals surface area contributed by atoms with Crippen LogP contribution in [0.25, 0.3) is 0 Å². The summed E-state index contributed by atoms with van der Waals surface area (Å²) in [6.45, 7) is 1.61. The van der Waals surface area contributed by atoms with Gasteiger partial charge in [-0.3, -0.25) is 9.10 Å². The third-order valence-electron chi connectivity index (χ3n) is 4.20. The first-order valence-corrected chi connectivity index (χ1v) is 12.1. The molecule has 0 saturated carbocycles. The van der Waals surface area contributed by atoms with Gasteiger partial charge in [0.25, 0.3) is 10.0 Å². The van der Waals surface area contributed by atoms with E-state index in [4.69, 9.17) is 11.6 Å². The standard InChI is InChI=1S/C22H21ClN2O3S2/c1-2-29-21-15-9-7-13-19(21)24-22(26)16-25(20-14-8-6-12-18(20)23)30(27,28)17-10-4-3-5-11-17/h3-15H,2,16H2,1H3,(H,24,26). The molecule has 0 bridgehead atoms. The average Bonchev–Trinajstić information content (AvgIpc) is 2.75. The fourth-order valence-electron chi connectivity index (χ4n) is 2.84. The monoisotopic (exact) mass is 460 g/mol. The van der Waals surface area contributed by atoms with Crippen LogP contribution in [-0.4, -0.2) is 26.6 Å². The molecule has 0 aromatic heterocycles. The molecule has 3 rings (SSSR count). The van der Waals surface area contributed by atoms with E-state index in [1.165, 1.54) is 12.1 Å². The highest BCUT2D eigenvalue weighted by atomic mass is 35.5. The van der Waals surface area contributed by atoms with Crippen LogP contribution in [-0.2, 0) is 14.8 Å². The molecular weight excluding hydrogens is 440 g/mol. The zero-order valence-electron chi connectivity index (χ0n) is 16.3. The van der Waals surface area contributed by atoms with Gasteiger partial charge in [0.1, 0.15) is 6.54 Å². The van der Waals surface area contributed by atoms with Crippen molar-refractivity contribution in [1.29, 1.82) is 0 Å². The molecule has 0 aliphatic rings. The van der Waals surface area contributed by atoms with E-state index in [0.29, 0.717) is 5.69 Å². The lowest BCUT2D eigenvalue weighted by atomic mass is 10.3. The molecule has 3 aromatic carbocycles. The Morgan fingerprint density at radius 1 is 0.967 bits per heavy atom. The summed E-state index contributed by atoms with van der Waals surface area (Å²) in [5.74, 6) is 0.389. The number of nitrogens with zero attached hydrogens (tertiary/aromatic N) is 1. The molecular formula is C22H21ClN2O3S2. The lowest BCUT2D eigenvalue weighted by Crippen LogP contribution is -2.38. The number of carbonyl (C=O) groups is 1. The largest absolute Gasteiger partial charge is 0.323 e. The van der Waals surface area contributed by atoms with Crippen LogP contribution >= 0.6 is 23.4 Å². The van der Waals surface area contributed by atoms with Crippen molar-refractivity contribution < 1.29 is 13.2 Å². The highest BCUT2D eigenvalue weighted by molar-refractivity contribution is 7.99. The van der Waals surface area contributed by atoms with Gasteiger partial charge in [-0.05, 0) is 42.2 Å². The molecule has 3 aromatic rings. The number of halogens is 1. The maximum Gasteiger partial charge on any atom is 0.264 e. The fraction of sp³-hybridized carbons (Fsp3) is 0.136. The first-order valence-electron chi connectivity index (χ1n) is 9.27. The van der Waals surface area contributed by atoms with Crippen molar-refractivity contribution in [2.45, 2.75) is 16.7 Å². The van der Waals surface area contributed by atoms with E-state index in [0.717, 1.165) is 15.0 Å². The second-order valence-electron chi connectivity index (χ2n) is 6.25. The van der Waals surface area contributed by atoms with Gasteiger partial charge >= 0.3 is 0 Å². The molecule has 0 atom stereocenters. The van der Waals surface area contributed by atoms with Crippen LogP contribution in [0, 0.1) is 0 Å². The van der Waals surface area contributed by atoms with E-state index in [1.54, 1.807) is 60.3 Å². The van der Waals surface area contributed by atoms with Gasteiger partial charge in [-0.25, -0.2) is 8.42 Å². The number of rotatable bonds is 8. The molecule has 0 heterocycles. The molecule has 30 heavy (non-hydrogen) atoms. The molecule has 0 unspecified atom stereocenters. The first kappa shape index (κ1) is 22.2. The van der Waals surface area contributed by atoms with Crippen molar-refractivity contribution in [3.8, 4) is 0 Å². The number of benzene rings is 3. The quantitative estimate of drug-likeness (QED) is 0.464. The average molecular weight is 461 g/mol. The topological polar surface area (TPSA) is 66.5 Å². The third kappa shape index (κ3) is 5.16. The first-order chi connectivity index (χ1) is 14.4. The molecule has 1 N–H and O–H groups in total. The number of anilines is 2. The van der Waals surface area contributed by atoms with Crippen LogP contribution in [0.2, 0.25) is 5.02 Å². The SMILES string of the molecule is CCSc1ccccc1NC(=O)CN(c1ccccc1Cl)S(=O)(=O)c1ccccc1. The maximum absolute atomic E-state index is 13.3. The zero-order chi connectivity index (χ0) is 21.6. The second kappa shape index (κ2) is 10.0. The zero-order valence-corrected chi connectivity index (χ0v) is 18.7. The molecule has 1 amide bonds. The number of para-hydroxylation sites is 2. The molecule has 0 radical (unpaired) electrons. The van der Waals surface area contributed by atoms with E-state index >= 15 is 0 Å². The Kier molecular flexibility index (Phi) is 7.42. The van der Waals surface area contributed by atoms with Gasteiger partial charge in [-0.2, -0.15) is 0 Å². The number of thioether (sulfide) groups is 1. The summed E-state index contributed by atoms with van der Waals surface area (Å²) >= 11 is 7.88. The summed E-state index contributed by atoms with van der Waals surface area (Å²) in [7, 11) is -4.00. The van der Waals surface area contributed by atoms with Crippen molar-refractivity contribution in [3.05, 3.63) is 83.9 Å². The van der Waals surface area contributed by atoms with Crippen LogP contribution in [0.5, 0.6) is 0 Å².